The fourth-order valence-electron chi connectivity index (χ4n) is 2.84. The summed E-state index contributed by atoms with van der Waals surface area (Å²) in [7, 11) is 0. The summed E-state index contributed by atoms with van der Waals surface area (Å²) in [6.07, 6.45) is 1.09. The van der Waals surface area contributed by atoms with Crippen LogP contribution in [0.2, 0.25) is 0 Å². The number of carboxylic acid groups (broad SMARTS) is 1. The van der Waals surface area contributed by atoms with E-state index in [0.717, 1.165) is 12.0 Å². The lowest BCUT2D eigenvalue weighted by molar-refractivity contribution is -0.142. The Morgan fingerprint density at radius 1 is 0.920 bits per heavy atom. The molecule has 2 N–H and O–H groups in total. The van der Waals surface area contributed by atoms with Gasteiger partial charge in [0.1, 0.15) is 0 Å². The molecular formula is C21H25NO3. The average molecular weight is 339 g/mol. The van der Waals surface area contributed by atoms with Gasteiger partial charge in [-0.25, -0.2) is 0 Å². The summed E-state index contributed by atoms with van der Waals surface area (Å²) < 4.78 is 0. The van der Waals surface area contributed by atoms with Gasteiger partial charge in [-0.05, 0) is 30.4 Å². The van der Waals surface area contributed by atoms with Gasteiger partial charge in [0.2, 0.25) is 5.91 Å². The molecule has 2 aromatic rings. The van der Waals surface area contributed by atoms with Crippen molar-refractivity contribution in [1.82, 2.24) is 5.32 Å². The SMILES string of the molecule is CC(CCC(=O)NC(c1ccccc1)C(C)C(=O)O)c1ccccc1. The molecule has 0 aromatic heterocycles. The van der Waals surface area contributed by atoms with Gasteiger partial charge >= 0.3 is 5.97 Å². The van der Waals surface area contributed by atoms with Crippen molar-refractivity contribution in [3.63, 3.8) is 0 Å². The van der Waals surface area contributed by atoms with E-state index in [1.54, 1.807) is 6.92 Å². The van der Waals surface area contributed by atoms with Gasteiger partial charge in [-0.15, -0.1) is 0 Å². The lowest BCUT2D eigenvalue weighted by atomic mass is 9.93. The summed E-state index contributed by atoms with van der Waals surface area (Å²) in [5.41, 5.74) is 2.01. The van der Waals surface area contributed by atoms with Crippen molar-refractivity contribution < 1.29 is 14.7 Å². The Morgan fingerprint density at radius 3 is 1.96 bits per heavy atom. The molecule has 4 nitrogen and oxygen atoms in total. The van der Waals surface area contributed by atoms with Crippen LogP contribution in [0.4, 0.5) is 0 Å². The van der Waals surface area contributed by atoms with Crippen LogP contribution in [-0.4, -0.2) is 17.0 Å². The first-order valence-electron chi connectivity index (χ1n) is 8.61. The first kappa shape index (κ1) is 18.7. The Morgan fingerprint density at radius 2 is 1.44 bits per heavy atom. The van der Waals surface area contributed by atoms with Crippen LogP contribution in [0.1, 0.15) is 49.8 Å². The highest BCUT2D eigenvalue weighted by molar-refractivity contribution is 5.78. The molecule has 2 rings (SSSR count). The number of amides is 1. The van der Waals surface area contributed by atoms with E-state index in [9.17, 15) is 14.7 Å². The number of rotatable bonds is 8. The molecule has 0 spiro atoms. The minimum absolute atomic E-state index is 0.121. The largest absolute Gasteiger partial charge is 0.481 e. The third kappa shape index (κ3) is 5.45. The lowest BCUT2D eigenvalue weighted by Gasteiger charge is -2.23. The number of hydrogen-bond acceptors (Lipinski definition) is 2. The molecular weight excluding hydrogens is 314 g/mol. The number of hydrogen-bond donors (Lipinski definition) is 2. The van der Waals surface area contributed by atoms with Crippen molar-refractivity contribution in [2.24, 2.45) is 5.92 Å². The maximum absolute atomic E-state index is 12.4. The second-order valence-corrected chi connectivity index (χ2v) is 6.43. The molecule has 3 unspecified atom stereocenters. The van der Waals surface area contributed by atoms with Crippen LogP contribution < -0.4 is 5.32 Å². The average Bonchev–Trinajstić information content (AvgIpc) is 2.65. The van der Waals surface area contributed by atoms with Gasteiger partial charge < -0.3 is 10.4 Å². The van der Waals surface area contributed by atoms with Gasteiger partial charge in [0.15, 0.2) is 0 Å². The van der Waals surface area contributed by atoms with Gasteiger partial charge in [0, 0.05) is 6.42 Å². The van der Waals surface area contributed by atoms with Gasteiger partial charge in [0.05, 0.1) is 12.0 Å². The first-order valence-corrected chi connectivity index (χ1v) is 8.61. The Balaban J connectivity index is 1.98. The number of benzene rings is 2. The van der Waals surface area contributed by atoms with E-state index < -0.39 is 17.9 Å². The van der Waals surface area contributed by atoms with E-state index >= 15 is 0 Å². The number of carbonyl (C=O) groups excluding carboxylic acids is 1. The molecule has 2 aromatic carbocycles. The zero-order valence-corrected chi connectivity index (χ0v) is 14.7. The van der Waals surface area contributed by atoms with Crippen molar-refractivity contribution in [1.29, 1.82) is 0 Å². The summed E-state index contributed by atoms with van der Waals surface area (Å²) in [5, 5.41) is 12.2. The third-order valence-electron chi connectivity index (χ3n) is 4.54. The van der Waals surface area contributed by atoms with Crippen molar-refractivity contribution in [2.45, 2.75) is 38.6 Å². The van der Waals surface area contributed by atoms with E-state index in [4.69, 9.17) is 0 Å². The van der Waals surface area contributed by atoms with Crippen LogP contribution >= 0.6 is 0 Å². The second-order valence-electron chi connectivity index (χ2n) is 6.43. The topological polar surface area (TPSA) is 66.4 Å². The van der Waals surface area contributed by atoms with Gasteiger partial charge in [-0.1, -0.05) is 67.6 Å². The predicted molar refractivity (Wildman–Crippen MR) is 98.2 cm³/mol. The third-order valence-corrected chi connectivity index (χ3v) is 4.54. The fraction of sp³-hybridized carbons (Fsp3) is 0.333. The zero-order chi connectivity index (χ0) is 18.2. The maximum Gasteiger partial charge on any atom is 0.308 e. The van der Waals surface area contributed by atoms with Crippen molar-refractivity contribution >= 4 is 11.9 Å². The van der Waals surface area contributed by atoms with Crippen LogP contribution in [0, 0.1) is 5.92 Å². The maximum atomic E-state index is 12.4. The van der Waals surface area contributed by atoms with E-state index in [-0.39, 0.29) is 11.8 Å². The molecule has 4 heteroatoms. The van der Waals surface area contributed by atoms with Crippen LogP contribution in [0.25, 0.3) is 0 Å². The number of aliphatic carboxylic acids is 1. The van der Waals surface area contributed by atoms with Gasteiger partial charge in [0.25, 0.3) is 0 Å². The molecule has 0 bridgehead atoms. The summed E-state index contributed by atoms with van der Waals surface area (Å²) in [5.74, 6) is -1.46. The van der Waals surface area contributed by atoms with E-state index in [2.05, 4.69) is 24.4 Å². The van der Waals surface area contributed by atoms with Gasteiger partial charge in [-0.2, -0.15) is 0 Å². The van der Waals surface area contributed by atoms with Crippen molar-refractivity contribution in [3.05, 3.63) is 71.8 Å². The Hall–Kier alpha value is -2.62. The second kappa shape index (κ2) is 9.02. The number of carboxylic acids is 1. The van der Waals surface area contributed by atoms with Crippen molar-refractivity contribution in [2.75, 3.05) is 0 Å². The summed E-state index contributed by atoms with van der Waals surface area (Å²) in [4.78, 5) is 23.8. The molecule has 0 aliphatic heterocycles. The van der Waals surface area contributed by atoms with Crippen molar-refractivity contribution in [3.8, 4) is 0 Å². The Kier molecular flexibility index (Phi) is 6.75. The zero-order valence-electron chi connectivity index (χ0n) is 14.7. The standard InChI is InChI=1S/C21H25NO3/c1-15(17-9-5-3-6-10-17)13-14-19(23)22-20(16(2)21(24)25)18-11-7-4-8-12-18/h3-12,15-16,20H,13-14H2,1-2H3,(H,22,23)(H,24,25). The van der Waals surface area contributed by atoms with Crippen LogP contribution in [0.3, 0.4) is 0 Å². The van der Waals surface area contributed by atoms with E-state index in [1.165, 1.54) is 5.56 Å². The quantitative estimate of drug-likeness (QED) is 0.759. The molecule has 0 heterocycles. The highest BCUT2D eigenvalue weighted by Gasteiger charge is 2.26. The summed E-state index contributed by atoms with van der Waals surface area (Å²) in [6.45, 7) is 3.71. The molecule has 0 saturated heterocycles. The molecule has 3 atom stereocenters. The molecule has 0 radical (unpaired) electrons. The first-order chi connectivity index (χ1) is 12.0. The Bertz CT molecular complexity index is 685. The molecule has 0 aliphatic rings. The summed E-state index contributed by atoms with van der Waals surface area (Å²) >= 11 is 0. The molecule has 0 saturated carbocycles. The van der Waals surface area contributed by atoms with Gasteiger partial charge in [-0.3, -0.25) is 9.59 Å². The Labute approximate surface area is 148 Å². The van der Waals surface area contributed by atoms with E-state index in [1.807, 2.05) is 48.5 Å². The van der Waals surface area contributed by atoms with Crippen LogP contribution in [0.15, 0.2) is 60.7 Å². The monoisotopic (exact) mass is 339 g/mol. The number of nitrogens with one attached hydrogen (secondary N) is 1. The highest BCUT2D eigenvalue weighted by atomic mass is 16.4. The minimum Gasteiger partial charge on any atom is -0.481 e. The molecule has 0 aliphatic carbocycles. The smallest absolute Gasteiger partial charge is 0.308 e. The van der Waals surface area contributed by atoms with Crippen LogP contribution in [-0.2, 0) is 9.59 Å². The molecule has 0 fully saturated rings. The predicted octanol–water partition coefficient (Wildman–Crippen LogP) is 4.15. The molecule has 132 valence electrons. The lowest BCUT2D eigenvalue weighted by Crippen LogP contribution is -2.35. The molecule has 1 amide bonds. The normalized spacial score (nSPS) is 14.3. The number of carbonyl (C=O) groups is 2. The molecule has 25 heavy (non-hydrogen) atoms. The highest BCUT2D eigenvalue weighted by Crippen LogP contribution is 2.24. The summed E-state index contributed by atoms with van der Waals surface area (Å²) in [6, 6.07) is 18.8. The fourth-order valence-corrected chi connectivity index (χ4v) is 2.84. The van der Waals surface area contributed by atoms with Crippen LogP contribution in [0.5, 0.6) is 0 Å². The minimum atomic E-state index is -0.924. The van der Waals surface area contributed by atoms with E-state index in [0.29, 0.717) is 6.42 Å².